The fraction of sp³-hybridized carbons (Fsp3) is 0.0417. The molecule has 4 aromatic rings. The molecule has 0 aliphatic carbocycles. The largest absolute Gasteiger partial charge is 0.306 e. The number of carbonyl (C=O) groups is 1. The SMILES string of the molecule is Cc1nn(-c2ccc(F)cc2)c(NC(=O)c2ccccc2F)c(-c2ccccc2)c1=O. The lowest BCUT2D eigenvalue weighted by Gasteiger charge is -2.18. The summed E-state index contributed by atoms with van der Waals surface area (Å²) in [4.78, 5) is 25.9. The maximum atomic E-state index is 14.2. The molecule has 1 N–H and O–H groups in total. The first-order chi connectivity index (χ1) is 15.0. The number of benzene rings is 3. The van der Waals surface area contributed by atoms with Crippen LogP contribution in [0.1, 0.15) is 16.1 Å². The van der Waals surface area contributed by atoms with E-state index in [4.69, 9.17) is 0 Å². The molecule has 0 radical (unpaired) electrons. The number of carbonyl (C=O) groups excluding carboxylic acids is 1. The molecule has 4 rings (SSSR count). The van der Waals surface area contributed by atoms with E-state index in [-0.39, 0.29) is 28.1 Å². The van der Waals surface area contributed by atoms with Gasteiger partial charge in [-0.1, -0.05) is 42.5 Å². The zero-order chi connectivity index (χ0) is 22.0. The van der Waals surface area contributed by atoms with Crippen molar-refractivity contribution < 1.29 is 13.6 Å². The first-order valence-electron chi connectivity index (χ1n) is 9.47. The molecule has 0 aliphatic rings. The molecule has 31 heavy (non-hydrogen) atoms. The van der Waals surface area contributed by atoms with E-state index in [2.05, 4.69) is 10.4 Å². The van der Waals surface area contributed by atoms with Gasteiger partial charge in [0.1, 0.15) is 23.1 Å². The van der Waals surface area contributed by atoms with Gasteiger partial charge in [-0.2, -0.15) is 5.10 Å². The second kappa shape index (κ2) is 8.31. The number of hydrogen-bond donors (Lipinski definition) is 1. The molecule has 0 saturated heterocycles. The summed E-state index contributed by atoms with van der Waals surface area (Å²) in [6.07, 6.45) is 0. The third-order valence-corrected chi connectivity index (χ3v) is 4.74. The number of nitrogens with one attached hydrogen (secondary N) is 1. The van der Waals surface area contributed by atoms with Crippen molar-refractivity contribution in [3.8, 4) is 16.8 Å². The van der Waals surface area contributed by atoms with Crippen molar-refractivity contribution in [2.75, 3.05) is 5.32 Å². The monoisotopic (exact) mass is 417 g/mol. The molecule has 1 aromatic heterocycles. The van der Waals surface area contributed by atoms with Crippen molar-refractivity contribution in [2.24, 2.45) is 0 Å². The van der Waals surface area contributed by atoms with Crippen molar-refractivity contribution in [2.45, 2.75) is 6.92 Å². The van der Waals surface area contributed by atoms with Gasteiger partial charge in [-0.15, -0.1) is 0 Å². The quantitative estimate of drug-likeness (QED) is 0.522. The number of aromatic nitrogens is 2. The highest BCUT2D eigenvalue weighted by Crippen LogP contribution is 2.27. The fourth-order valence-electron chi connectivity index (χ4n) is 3.22. The van der Waals surface area contributed by atoms with Gasteiger partial charge < -0.3 is 5.32 Å². The Morgan fingerprint density at radius 1 is 0.903 bits per heavy atom. The molecular formula is C24H17F2N3O2. The summed E-state index contributed by atoms with van der Waals surface area (Å²) < 4.78 is 29.0. The summed E-state index contributed by atoms with van der Waals surface area (Å²) in [6, 6.07) is 19.7. The molecule has 0 unspecified atom stereocenters. The molecule has 0 bridgehead atoms. The Balaban J connectivity index is 1.97. The Labute approximate surface area is 176 Å². The lowest BCUT2D eigenvalue weighted by Crippen LogP contribution is -2.25. The van der Waals surface area contributed by atoms with Crippen molar-refractivity contribution in [3.05, 3.63) is 112 Å². The normalized spacial score (nSPS) is 10.7. The van der Waals surface area contributed by atoms with Crippen LogP contribution in [0.25, 0.3) is 16.8 Å². The van der Waals surface area contributed by atoms with Gasteiger partial charge >= 0.3 is 0 Å². The van der Waals surface area contributed by atoms with E-state index in [1.165, 1.54) is 53.2 Å². The smallest absolute Gasteiger partial charge is 0.259 e. The Bertz CT molecular complexity index is 1320. The molecule has 0 atom stereocenters. The van der Waals surface area contributed by atoms with Crippen LogP contribution in [0, 0.1) is 18.6 Å². The van der Waals surface area contributed by atoms with Crippen LogP contribution >= 0.6 is 0 Å². The lowest BCUT2D eigenvalue weighted by atomic mass is 10.0. The minimum absolute atomic E-state index is 0.0571. The molecular weight excluding hydrogens is 400 g/mol. The van der Waals surface area contributed by atoms with Crippen LogP contribution in [0.15, 0.2) is 83.7 Å². The van der Waals surface area contributed by atoms with Crippen LogP contribution in [0.5, 0.6) is 0 Å². The highest BCUT2D eigenvalue weighted by atomic mass is 19.1. The summed E-state index contributed by atoms with van der Waals surface area (Å²) in [7, 11) is 0. The highest BCUT2D eigenvalue weighted by molar-refractivity contribution is 6.06. The average molecular weight is 417 g/mol. The molecule has 0 spiro atoms. The molecule has 7 heteroatoms. The van der Waals surface area contributed by atoms with E-state index in [9.17, 15) is 18.4 Å². The van der Waals surface area contributed by atoms with Gasteiger partial charge in [-0.25, -0.2) is 13.5 Å². The zero-order valence-corrected chi connectivity index (χ0v) is 16.5. The fourth-order valence-corrected chi connectivity index (χ4v) is 3.22. The number of rotatable bonds is 4. The van der Waals surface area contributed by atoms with E-state index >= 15 is 0 Å². The topological polar surface area (TPSA) is 64.0 Å². The molecule has 154 valence electrons. The summed E-state index contributed by atoms with van der Waals surface area (Å²) in [5.41, 5.74) is 0.797. The van der Waals surface area contributed by atoms with Gasteiger partial charge in [0.2, 0.25) is 5.43 Å². The summed E-state index contributed by atoms with van der Waals surface area (Å²) >= 11 is 0. The van der Waals surface area contributed by atoms with Gasteiger partial charge in [-0.05, 0) is 48.9 Å². The number of halogens is 2. The zero-order valence-electron chi connectivity index (χ0n) is 16.5. The van der Waals surface area contributed by atoms with E-state index in [0.717, 1.165) is 0 Å². The molecule has 0 saturated carbocycles. The molecule has 1 heterocycles. The molecule has 0 fully saturated rings. The standard InChI is InChI=1S/C24H17F2N3O2/c1-15-22(30)21(16-7-3-2-4-8-16)23(27-24(31)19-9-5-6-10-20(19)26)29(28-15)18-13-11-17(25)12-14-18/h2-14H,1H3,(H,27,31). The van der Waals surface area contributed by atoms with Crippen LogP contribution < -0.4 is 10.7 Å². The predicted octanol–water partition coefficient (Wildman–Crippen LogP) is 4.74. The van der Waals surface area contributed by atoms with E-state index in [1.54, 1.807) is 37.3 Å². The summed E-state index contributed by atoms with van der Waals surface area (Å²) in [5, 5.41) is 6.94. The number of nitrogens with zero attached hydrogens (tertiary/aromatic N) is 2. The third kappa shape index (κ3) is 3.98. The van der Waals surface area contributed by atoms with Crippen molar-refractivity contribution >= 4 is 11.7 Å². The molecule has 5 nitrogen and oxygen atoms in total. The maximum absolute atomic E-state index is 14.2. The first-order valence-corrected chi connectivity index (χ1v) is 9.47. The minimum Gasteiger partial charge on any atom is -0.306 e. The van der Waals surface area contributed by atoms with Crippen LogP contribution in [0.2, 0.25) is 0 Å². The average Bonchev–Trinajstić information content (AvgIpc) is 2.78. The van der Waals surface area contributed by atoms with Crippen molar-refractivity contribution in [1.82, 2.24) is 9.78 Å². The molecule has 3 aromatic carbocycles. The Hall–Kier alpha value is -4.13. The molecule has 1 amide bonds. The van der Waals surface area contributed by atoms with E-state index < -0.39 is 17.5 Å². The van der Waals surface area contributed by atoms with Gasteiger partial charge in [-0.3, -0.25) is 9.59 Å². The summed E-state index contributed by atoms with van der Waals surface area (Å²) in [6.45, 7) is 1.55. The van der Waals surface area contributed by atoms with Gasteiger partial charge in [0.25, 0.3) is 5.91 Å². The lowest BCUT2D eigenvalue weighted by molar-refractivity contribution is 0.102. The van der Waals surface area contributed by atoms with E-state index in [1.807, 2.05) is 0 Å². The number of anilines is 1. The van der Waals surface area contributed by atoms with Crippen LogP contribution in [-0.4, -0.2) is 15.7 Å². The predicted molar refractivity (Wildman–Crippen MR) is 114 cm³/mol. The van der Waals surface area contributed by atoms with Crippen LogP contribution in [0.3, 0.4) is 0 Å². The summed E-state index contributed by atoms with van der Waals surface area (Å²) in [5.74, 6) is -1.82. The first kappa shape index (κ1) is 20.2. The second-order valence-electron chi connectivity index (χ2n) is 6.83. The Morgan fingerprint density at radius 3 is 2.23 bits per heavy atom. The van der Waals surface area contributed by atoms with Crippen molar-refractivity contribution in [3.63, 3.8) is 0 Å². The van der Waals surface area contributed by atoms with E-state index in [0.29, 0.717) is 11.3 Å². The van der Waals surface area contributed by atoms with Crippen LogP contribution in [-0.2, 0) is 0 Å². The maximum Gasteiger partial charge on any atom is 0.259 e. The Morgan fingerprint density at radius 2 is 1.55 bits per heavy atom. The van der Waals surface area contributed by atoms with Gasteiger partial charge in [0.15, 0.2) is 0 Å². The number of hydrogen-bond acceptors (Lipinski definition) is 3. The second-order valence-corrected chi connectivity index (χ2v) is 6.83. The number of aryl methyl sites for hydroxylation is 1. The third-order valence-electron chi connectivity index (χ3n) is 4.74. The van der Waals surface area contributed by atoms with Gasteiger partial charge in [0.05, 0.1) is 16.8 Å². The van der Waals surface area contributed by atoms with Crippen LogP contribution in [0.4, 0.5) is 14.6 Å². The highest BCUT2D eigenvalue weighted by Gasteiger charge is 2.21. The Kier molecular flexibility index (Phi) is 5.41. The van der Waals surface area contributed by atoms with Crippen molar-refractivity contribution in [1.29, 1.82) is 0 Å². The molecule has 0 aliphatic heterocycles. The minimum atomic E-state index is -0.740. The van der Waals surface area contributed by atoms with Gasteiger partial charge in [0, 0.05) is 0 Å². The number of amides is 1.